The van der Waals surface area contributed by atoms with Crippen LogP contribution < -0.4 is 4.90 Å². The Balaban J connectivity index is 2.11. The van der Waals surface area contributed by atoms with Crippen LogP contribution in [0.15, 0.2) is 0 Å². The fraction of sp³-hybridized carbons (Fsp3) is 0.778. The third-order valence-electron chi connectivity index (χ3n) is 2.66. The summed E-state index contributed by atoms with van der Waals surface area (Å²) in [5.41, 5.74) is 0. The van der Waals surface area contributed by atoms with Crippen LogP contribution in [0, 0.1) is 0 Å². The number of anilines is 1. The molecule has 0 aromatic carbocycles. The van der Waals surface area contributed by atoms with Gasteiger partial charge in [-0.25, -0.2) is 4.79 Å². The number of hydrogen-bond acceptors (Lipinski definition) is 6. The summed E-state index contributed by atoms with van der Waals surface area (Å²) in [5.74, 6) is -0.480. The van der Waals surface area contributed by atoms with E-state index in [9.17, 15) is 4.79 Å². The molecule has 1 atom stereocenters. The Morgan fingerprint density at radius 2 is 2.24 bits per heavy atom. The monoisotopic (exact) mass is 241 g/mol. The van der Waals surface area contributed by atoms with Crippen LogP contribution in [0.25, 0.3) is 0 Å². The summed E-state index contributed by atoms with van der Waals surface area (Å²) in [5, 5.41) is 20.8. The van der Waals surface area contributed by atoms with Gasteiger partial charge >= 0.3 is 5.97 Å². The molecule has 94 valence electrons. The van der Waals surface area contributed by atoms with Crippen molar-refractivity contribution in [3.63, 3.8) is 0 Å². The molecule has 2 rings (SSSR count). The predicted octanol–water partition coefficient (Wildman–Crippen LogP) is -0.455. The second-order valence-corrected chi connectivity index (χ2v) is 3.77. The summed E-state index contributed by atoms with van der Waals surface area (Å²) < 4.78 is 5.22. The van der Waals surface area contributed by atoms with Gasteiger partial charge in [0.15, 0.2) is 6.04 Å². The van der Waals surface area contributed by atoms with E-state index in [4.69, 9.17) is 9.84 Å². The van der Waals surface area contributed by atoms with Gasteiger partial charge in [-0.15, -0.1) is 9.90 Å². The minimum Gasteiger partial charge on any atom is -0.480 e. The lowest BCUT2D eigenvalue weighted by atomic mass is 10.2. The maximum atomic E-state index is 11.0. The molecular weight excluding hydrogens is 226 g/mol. The standard InChI is InChI=1S/C9H15N5O3/c1-2-7(8(15)16)14-11-9(10-12-14)13-3-5-17-6-4-13/h7H,2-6H2,1H3,(H,15,16)/t7-/m1/s1. The molecule has 8 heteroatoms. The van der Waals surface area contributed by atoms with Crippen LogP contribution in [-0.4, -0.2) is 57.6 Å². The van der Waals surface area contributed by atoms with Crippen molar-refractivity contribution in [2.24, 2.45) is 0 Å². The molecule has 1 aliphatic heterocycles. The SMILES string of the molecule is CC[C@H](C(=O)O)n1nnc(N2CCOCC2)n1. The van der Waals surface area contributed by atoms with Gasteiger partial charge in [0.1, 0.15) is 0 Å². The fourth-order valence-electron chi connectivity index (χ4n) is 1.68. The number of carbonyl (C=O) groups is 1. The quantitative estimate of drug-likeness (QED) is 0.762. The van der Waals surface area contributed by atoms with E-state index < -0.39 is 12.0 Å². The Labute approximate surface area is 98.2 Å². The minimum atomic E-state index is -0.946. The van der Waals surface area contributed by atoms with Gasteiger partial charge in [-0.05, 0) is 11.6 Å². The number of aliphatic carboxylic acids is 1. The van der Waals surface area contributed by atoms with Crippen molar-refractivity contribution in [1.29, 1.82) is 0 Å². The van der Waals surface area contributed by atoms with E-state index in [-0.39, 0.29) is 0 Å². The van der Waals surface area contributed by atoms with E-state index in [1.165, 1.54) is 0 Å². The van der Waals surface area contributed by atoms with Gasteiger partial charge in [-0.2, -0.15) is 0 Å². The molecule has 1 aliphatic rings. The molecule has 0 spiro atoms. The third-order valence-corrected chi connectivity index (χ3v) is 2.66. The van der Waals surface area contributed by atoms with E-state index in [0.29, 0.717) is 38.7 Å². The molecule has 0 aliphatic carbocycles. The first kappa shape index (κ1) is 11.8. The molecule has 0 saturated carbocycles. The zero-order valence-corrected chi connectivity index (χ0v) is 9.61. The molecule has 0 radical (unpaired) electrons. The smallest absolute Gasteiger partial charge is 0.330 e. The Kier molecular flexibility index (Phi) is 3.52. The van der Waals surface area contributed by atoms with Crippen molar-refractivity contribution in [3.8, 4) is 0 Å². The molecule has 1 aromatic rings. The van der Waals surface area contributed by atoms with Crippen LogP contribution in [0.2, 0.25) is 0 Å². The highest BCUT2D eigenvalue weighted by atomic mass is 16.5. The molecule has 0 amide bonds. The van der Waals surface area contributed by atoms with Crippen LogP contribution in [0.3, 0.4) is 0 Å². The number of carboxylic acid groups (broad SMARTS) is 1. The van der Waals surface area contributed by atoms with Crippen LogP contribution in [0.4, 0.5) is 5.95 Å². The highest BCUT2D eigenvalue weighted by Crippen LogP contribution is 2.12. The molecule has 2 heterocycles. The molecule has 0 bridgehead atoms. The lowest BCUT2D eigenvalue weighted by Crippen LogP contribution is -2.37. The van der Waals surface area contributed by atoms with Gasteiger partial charge in [0.05, 0.1) is 13.2 Å². The van der Waals surface area contributed by atoms with Crippen LogP contribution >= 0.6 is 0 Å². The zero-order valence-electron chi connectivity index (χ0n) is 9.61. The molecule has 1 N–H and O–H groups in total. The summed E-state index contributed by atoms with van der Waals surface area (Å²) >= 11 is 0. The molecule has 0 unspecified atom stereocenters. The number of hydrogen-bond donors (Lipinski definition) is 1. The van der Waals surface area contributed by atoms with Crippen molar-refractivity contribution in [1.82, 2.24) is 20.2 Å². The lowest BCUT2D eigenvalue weighted by molar-refractivity contribution is -0.141. The summed E-state index contributed by atoms with van der Waals surface area (Å²) in [6.07, 6.45) is 0.425. The Morgan fingerprint density at radius 1 is 1.53 bits per heavy atom. The first-order chi connectivity index (χ1) is 8.22. The third kappa shape index (κ3) is 2.52. The number of ether oxygens (including phenoxy) is 1. The van der Waals surface area contributed by atoms with Gasteiger partial charge in [0.2, 0.25) is 0 Å². The number of tetrazole rings is 1. The predicted molar refractivity (Wildman–Crippen MR) is 57.8 cm³/mol. The number of carboxylic acids is 1. The normalized spacial score (nSPS) is 18.1. The maximum Gasteiger partial charge on any atom is 0.330 e. The molecular formula is C9H15N5O3. The molecule has 1 saturated heterocycles. The summed E-state index contributed by atoms with van der Waals surface area (Å²) in [6, 6.07) is -0.753. The highest BCUT2D eigenvalue weighted by Gasteiger charge is 2.22. The first-order valence-corrected chi connectivity index (χ1v) is 5.57. The van der Waals surface area contributed by atoms with Crippen LogP contribution in [0.1, 0.15) is 19.4 Å². The van der Waals surface area contributed by atoms with Gasteiger partial charge in [-0.1, -0.05) is 12.0 Å². The fourth-order valence-corrected chi connectivity index (χ4v) is 1.68. The second kappa shape index (κ2) is 5.09. The molecule has 1 fully saturated rings. The second-order valence-electron chi connectivity index (χ2n) is 3.77. The summed E-state index contributed by atoms with van der Waals surface area (Å²) in [7, 11) is 0. The average molecular weight is 241 g/mol. The van der Waals surface area contributed by atoms with Crippen LogP contribution in [-0.2, 0) is 9.53 Å². The van der Waals surface area contributed by atoms with E-state index in [0.717, 1.165) is 4.80 Å². The average Bonchev–Trinajstić information content (AvgIpc) is 2.80. The minimum absolute atomic E-state index is 0.425. The van der Waals surface area contributed by atoms with E-state index in [1.807, 2.05) is 4.90 Å². The maximum absolute atomic E-state index is 11.0. The number of morpholine rings is 1. The summed E-state index contributed by atoms with van der Waals surface area (Å²) in [6.45, 7) is 4.44. The number of nitrogens with zero attached hydrogens (tertiary/aromatic N) is 5. The van der Waals surface area contributed by atoms with Crippen molar-refractivity contribution in [3.05, 3.63) is 0 Å². The van der Waals surface area contributed by atoms with Crippen molar-refractivity contribution in [2.75, 3.05) is 31.2 Å². The molecule has 8 nitrogen and oxygen atoms in total. The van der Waals surface area contributed by atoms with Crippen LogP contribution in [0.5, 0.6) is 0 Å². The molecule has 1 aromatic heterocycles. The van der Waals surface area contributed by atoms with Gasteiger partial charge in [0, 0.05) is 13.1 Å². The largest absolute Gasteiger partial charge is 0.480 e. The Bertz CT molecular complexity index is 388. The van der Waals surface area contributed by atoms with Crippen molar-refractivity contribution < 1.29 is 14.6 Å². The lowest BCUT2D eigenvalue weighted by Gasteiger charge is -2.24. The Hall–Kier alpha value is -1.70. The zero-order chi connectivity index (χ0) is 12.3. The van der Waals surface area contributed by atoms with Crippen molar-refractivity contribution in [2.45, 2.75) is 19.4 Å². The van der Waals surface area contributed by atoms with E-state index in [1.54, 1.807) is 6.92 Å². The number of rotatable bonds is 4. The van der Waals surface area contributed by atoms with Gasteiger partial charge < -0.3 is 14.7 Å². The molecule has 17 heavy (non-hydrogen) atoms. The van der Waals surface area contributed by atoms with Gasteiger partial charge in [0.25, 0.3) is 5.95 Å². The highest BCUT2D eigenvalue weighted by molar-refractivity contribution is 5.71. The topological polar surface area (TPSA) is 93.4 Å². The number of aromatic nitrogens is 4. The van der Waals surface area contributed by atoms with E-state index >= 15 is 0 Å². The van der Waals surface area contributed by atoms with Gasteiger partial charge in [-0.3, -0.25) is 0 Å². The summed E-state index contributed by atoms with van der Waals surface area (Å²) in [4.78, 5) is 14.0. The first-order valence-electron chi connectivity index (χ1n) is 5.57. The Morgan fingerprint density at radius 3 is 2.82 bits per heavy atom. The van der Waals surface area contributed by atoms with E-state index in [2.05, 4.69) is 15.4 Å². The van der Waals surface area contributed by atoms with Crippen molar-refractivity contribution >= 4 is 11.9 Å².